The summed E-state index contributed by atoms with van der Waals surface area (Å²) in [6.07, 6.45) is 0. The number of aromatic hydroxyl groups is 1. The van der Waals surface area contributed by atoms with E-state index < -0.39 is 17.7 Å². The van der Waals surface area contributed by atoms with Crippen LogP contribution < -0.4 is 14.4 Å². The molecule has 1 aromatic heterocycles. The number of aliphatic hydroxyl groups excluding tert-OH is 1. The number of hydrogen-bond donors (Lipinski definition) is 2. The second kappa shape index (κ2) is 9.25. The van der Waals surface area contributed by atoms with Crippen molar-refractivity contribution >= 4 is 44.1 Å². The van der Waals surface area contributed by atoms with Crippen LogP contribution in [0.2, 0.25) is 0 Å². The van der Waals surface area contributed by atoms with Crippen LogP contribution in [0.1, 0.15) is 28.3 Å². The molecular weight excluding hydrogens is 492 g/mol. The number of thiazole rings is 1. The molecule has 2 N–H and O–H groups in total. The van der Waals surface area contributed by atoms with Crippen LogP contribution in [-0.4, -0.2) is 41.1 Å². The van der Waals surface area contributed by atoms with Gasteiger partial charge in [0.25, 0.3) is 5.78 Å². The van der Waals surface area contributed by atoms with Crippen molar-refractivity contribution in [3.63, 3.8) is 0 Å². The highest BCUT2D eigenvalue weighted by atomic mass is 32.1. The maximum Gasteiger partial charge on any atom is 0.301 e. The second-order valence-corrected chi connectivity index (χ2v) is 9.77. The molecule has 8 nitrogen and oxygen atoms in total. The van der Waals surface area contributed by atoms with E-state index in [1.807, 2.05) is 26.0 Å². The molecule has 188 valence electrons. The number of fused-ring (bicyclic) bond motifs is 1. The number of aromatic nitrogens is 1. The fourth-order valence-corrected chi connectivity index (χ4v) is 5.77. The van der Waals surface area contributed by atoms with E-state index in [1.165, 1.54) is 36.5 Å². The molecule has 0 radical (unpaired) electrons. The van der Waals surface area contributed by atoms with E-state index >= 15 is 0 Å². The number of hydrogen-bond acceptors (Lipinski definition) is 8. The highest BCUT2D eigenvalue weighted by molar-refractivity contribution is 7.22. The van der Waals surface area contributed by atoms with E-state index in [9.17, 15) is 19.8 Å². The molecule has 0 spiro atoms. The first kappa shape index (κ1) is 24.3. The van der Waals surface area contributed by atoms with Crippen molar-refractivity contribution < 1.29 is 29.3 Å². The quantitative estimate of drug-likeness (QED) is 0.211. The summed E-state index contributed by atoms with van der Waals surface area (Å²) in [6, 6.07) is 14.1. The van der Waals surface area contributed by atoms with Gasteiger partial charge in [-0.05, 0) is 60.9 Å². The monoisotopic (exact) mass is 516 g/mol. The van der Waals surface area contributed by atoms with Gasteiger partial charge in [-0.1, -0.05) is 35.6 Å². The number of rotatable bonds is 5. The van der Waals surface area contributed by atoms with Crippen LogP contribution in [0, 0.1) is 13.8 Å². The number of carbonyl (C=O) groups excluding carboxylic acids is 2. The van der Waals surface area contributed by atoms with Crippen molar-refractivity contribution in [2.75, 3.05) is 19.1 Å². The summed E-state index contributed by atoms with van der Waals surface area (Å²) in [7, 11) is 2.91. The van der Waals surface area contributed by atoms with Crippen molar-refractivity contribution in [3.8, 4) is 17.2 Å². The third-order valence-electron chi connectivity index (χ3n) is 6.33. The topological polar surface area (TPSA) is 109 Å². The van der Waals surface area contributed by atoms with Crippen LogP contribution in [0.3, 0.4) is 0 Å². The first-order valence-corrected chi connectivity index (χ1v) is 12.2. The summed E-state index contributed by atoms with van der Waals surface area (Å²) in [4.78, 5) is 33.0. The lowest BCUT2D eigenvalue weighted by molar-refractivity contribution is -0.132. The van der Waals surface area contributed by atoms with Gasteiger partial charge in [0, 0.05) is 5.56 Å². The molecule has 4 aromatic rings. The predicted octanol–water partition coefficient (Wildman–Crippen LogP) is 5.26. The van der Waals surface area contributed by atoms with E-state index in [2.05, 4.69) is 0 Å². The van der Waals surface area contributed by atoms with Crippen molar-refractivity contribution in [2.24, 2.45) is 0 Å². The Morgan fingerprint density at radius 1 is 1.03 bits per heavy atom. The molecule has 1 atom stereocenters. The van der Waals surface area contributed by atoms with E-state index in [-0.39, 0.29) is 22.8 Å². The van der Waals surface area contributed by atoms with Gasteiger partial charge < -0.3 is 19.7 Å². The lowest BCUT2D eigenvalue weighted by Crippen LogP contribution is -2.29. The molecule has 5 rings (SSSR count). The van der Waals surface area contributed by atoms with Crippen LogP contribution >= 0.6 is 11.3 Å². The number of ketones is 1. The SMILES string of the molecule is COc1cccc(/C(O)=C2\C(=O)C(=O)N(c3nc4c(C)cc(C)cc4s3)[C@H]2c2ccc(O)c(OC)c2)c1. The molecule has 0 bridgehead atoms. The number of aliphatic hydroxyl groups is 1. The van der Waals surface area contributed by atoms with E-state index in [0.717, 1.165) is 21.3 Å². The lowest BCUT2D eigenvalue weighted by atomic mass is 9.95. The Morgan fingerprint density at radius 2 is 1.81 bits per heavy atom. The fourth-order valence-electron chi connectivity index (χ4n) is 4.60. The molecule has 37 heavy (non-hydrogen) atoms. The van der Waals surface area contributed by atoms with Crippen molar-refractivity contribution in [1.82, 2.24) is 4.98 Å². The Hall–Kier alpha value is -4.37. The molecule has 2 heterocycles. The summed E-state index contributed by atoms with van der Waals surface area (Å²) >= 11 is 1.29. The number of Topliss-reactive ketones (excluding diaryl/α,β-unsaturated/α-hetero) is 1. The van der Waals surface area contributed by atoms with Gasteiger partial charge in [0.15, 0.2) is 16.6 Å². The zero-order valence-corrected chi connectivity index (χ0v) is 21.4. The number of phenolic OH excluding ortho intramolecular Hbond substituents is 1. The molecule has 0 aliphatic carbocycles. The molecular formula is C28H24N2O6S. The minimum absolute atomic E-state index is 0.0953. The Labute approximate surface area is 217 Å². The molecule has 1 fully saturated rings. The Kier molecular flexibility index (Phi) is 6.08. The molecule has 1 aliphatic heterocycles. The second-order valence-electron chi connectivity index (χ2n) is 8.76. The number of benzene rings is 3. The summed E-state index contributed by atoms with van der Waals surface area (Å²) in [5.41, 5.74) is 3.43. The molecule has 0 saturated carbocycles. The van der Waals surface area contributed by atoms with Gasteiger partial charge in [-0.2, -0.15) is 0 Å². The summed E-state index contributed by atoms with van der Waals surface area (Å²) < 4.78 is 11.4. The molecule has 3 aromatic carbocycles. The molecule has 1 aliphatic rings. The van der Waals surface area contributed by atoms with Crippen LogP contribution in [-0.2, 0) is 9.59 Å². The van der Waals surface area contributed by atoms with E-state index in [1.54, 1.807) is 36.4 Å². The highest BCUT2D eigenvalue weighted by Gasteiger charge is 2.48. The number of ether oxygens (including phenoxy) is 2. The minimum atomic E-state index is -1.01. The third-order valence-corrected chi connectivity index (χ3v) is 7.33. The van der Waals surface area contributed by atoms with Gasteiger partial charge in [0.05, 0.1) is 36.1 Å². The first-order valence-electron chi connectivity index (χ1n) is 11.4. The van der Waals surface area contributed by atoms with E-state index in [0.29, 0.717) is 22.0 Å². The Morgan fingerprint density at radius 3 is 2.54 bits per heavy atom. The average molecular weight is 517 g/mol. The van der Waals surface area contributed by atoms with Crippen molar-refractivity contribution in [2.45, 2.75) is 19.9 Å². The van der Waals surface area contributed by atoms with Gasteiger partial charge in [-0.3, -0.25) is 14.5 Å². The van der Waals surface area contributed by atoms with Crippen LogP contribution in [0.15, 0.2) is 60.2 Å². The molecule has 9 heteroatoms. The van der Waals surface area contributed by atoms with Gasteiger partial charge in [0.1, 0.15) is 11.5 Å². The number of phenols is 1. The third kappa shape index (κ3) is 4.07. The van der Waals surface area contributed by atoms with E-state index in [4.69, 9.17) is 14.5 Å². The zero-order valence-electron chi connectivity index (χ0n) is 20.6. The highest BCUT2D eigenvalue weighted by Crippen LogP contribution is 2.46. The maximum atomic E-state index is 13.5. The van der Waals surface area contributed by atoms with Gasteiger partial charge >= 0.3 is 5.91 Å². The summed E-state index contributed by atoms with van der Waals surface area (Å²) in [6.45, 7) is 3.92. The Bertz CT molecular complexity index is 1610. The fraction of sp³-hybridized carbons (Fsp3) is 0.179. The standard InChI is InChI=1S/C28H24N2O6S/c1-14-10-15(2)23-21(11-14)37-28(29-23)30-24(16-8-9-19(31)20(13-16)36-4)22(26(33)27(30)34)25(32)17-6-5-7-18(12-17)35-3/h5-13,24,31-32H,1-4H3/b25-22+/t24-/m0/s1. The minimum Gasteiger partial charge on any atom is -0.507 e. The lowest BCUT2D eigenvalue weighted by Gasteiger charge is -2.23. The van der Waals surface area contributed by atoms with Gasteiger partial charge in [0.2, 0.25) is 0 Å². The van der Waals surface area contributed by atoms with Crippen LogP contribution in [0.4, 0.5) is 5.13 Å². The normalized spacial score (nSPS) is 17.0. The van der Waals surface area contributed by atoms with Gasteiger partial charge in [-0.15, -0.1) is 0 Å². The number of anilines is 1. The van der Waals surface area contributed by atoms with Crippen LogP contribution in [0.5, 0.6) is 17.2 Å². The Balaban J connectivity index is 1.76. The first-order chi connectivity index (χ1) is 17.7. The number of carbonyl (C=O) groups is 2. The zero-order chi connectivity index (χ0) is 26.4. The van der Waals surface area contributed by atoms with Crippen molar-refractivity contribution in [3.05, 3.63) is 82.4 Å². The summed E-state index contributed by atoms with van der Waals surface area (Å²) in [5.74, 6) is -1.44. The molecule has 1 saturated heterocycles. The predicted molar refractivity (Wildman–Crippen MR) is 142 cm³/mol. The number of aryl methyl sites for hydroxylation is 2. The molecule has 1 amide bonds. The summed E-state index contributed by atoms with van der Waals surface area (Å²) in [5, 5.41) is 21.8. The van der Waals surface area contributed by atoms with Gasteiger partial charge in [-0.25, -0.2) is 4.98 Å². The number of amides is 1. The smallest absolute Gasteiger partial charge is 0.301 e. The average Bonchev–Trinajstić information content (AvgIpc) is 3.42. The van der Waals surface area contributed by atoms with Crippen LogP contribution in [0.25, 0.3) is 16.0 Å². The maximum absolute atomic E-state index is 13.5. The molecule has 0 unspecified atom stereocenters. The number of methoxy groups -OCH3 is 2. The number of nitrogens with zero attached hydrogens (tertiary/aromatic N) is 2. The largest absolute Gasteiger partial charge is 0.507 e. The van der Waals surface area contributed by atoms with Crippen molar-refractivity contribution in [1.29, 1.82) is 0 Å².